The Morgan fingerprint density at radius 2 is 1.17 bits per heavy atom. The lowest BCUT2D eigenvalue weighted by Gasteiger charge is -2.17. The van der Waals surface area contributed by atoms with Crippen LogP contribution < -0.4 is 9.62 Å². The summed E-state index contributed by atoms with van der Waals surface area (Å²) in [5.41, 5.74) is 0. The van der Waals surface area contributed by atoms with Gasteiger partial charge in [0.15, 0.2) is 0 Å². The summed E-state index contributed by atoms with van der Waals surface area (Å²) < 4.78 is 0. The highest BCUT2D eigenvalue weighted by Gasteiger charge is 2.18. The molecule has 0 fully saturated rings. The fraction of sp³-hybridized carbons (Fsp3) is 0. The van der Waals surface area contributed by atoms with Gasteiger partial charge >= 0.3 is 15.1 Å². The summed E-state index contributed by atoms with van der Waals surface area (Å²) in [6.45, 7) is 0. The Morgan fingerprint density at radius 3 is 1.58 bits per heavy atom. The minimum Gasteiger partial charge on any atom is -0.378 e. The second-order valence-electron chi connectivity index (χ2n) is 5.21. The van der Waals surface area contributed by atoms with Crippen LogP contribution in [0.3, 0.4) is 0 Å². The van der Waals surface area contributed by atoms with Crippen molar-refractivity contribution in [2.24, 2.45) is 0 Å². The second-order valence-corrected chi connectivity index (χ2v) is 5.21. The van der Waals surface area contributed by atoms with Crippen molar-refractivity contribution < 1.29 is 0 Å². The van der Waals surface area contributed by atoms with Crippen molar-refractivity contribution in [1.82, 2.24) is 19.6 Å². The van der Waals surface area contributed by atoms with Crippen LogP contribution in [-0.2, 0) is 0 Å². The van der Waals surface area contributed by atoms with Crippen molar-refractivity contribution in [3.8, 4) is 0 Å². The third-order valence-corrected chi connectivity index (χ3v) is 3.55. The fourth-order valence-corrected chi connectivity index (χ4v) is 2.35. The van der Waals surface area contributed by atoms with Crippen LogP contribution in [0.1, 0.15) is 0 Å². The molecule has 2 aromatic heterocycles. The summed E-state index contributed by atoms with van der Waals surface area (Å²) in [5.74, 6) is 1.78. The number of rotatable bonds is 4. The van der Waals surface area contributed by atoms with Crippen molar-refractivity contribution in [3.05, 3.63) is 86.0 Å². The van der Waals surface area contributed by atoms with Crippen molar-refractivity contribution in [1.29, 1.82) is 0 Å². The third kappa shape index (κ3) is 3.12. The van der Waals surface area contributed by atoms with Crippen LogP contribution in [0.2, 0.25) is 0 Å². The Bertz CT molecular complexity index is 699. The topological polar surface area (TPSA) is 38.7 Å². The zero-order valence-electron chi connectivity index (χ0n) is 12.9. The van der Waals surface area contributed by atoms with E-state index in [4.69, 9.17) is 0 Å². The van der Waals surface area contributed by atoms with Crippen LogP contribution in [0.4, 0.5) is 11.6 Å². The van der Waals surface area contributed by atoms with Gasteiger partial charge in [0.05, 0.1) is 0 Å². The summed E-state index contributed by atoms with van der Waals surface area (Å²) in [6, 6.07) is 11.7. The maximum absolute atomic E-state index is 4.33. The van der Waals surface area contributed by atoms with Crippen molar-refractivity contribution >= 4 is 26.7 Å². The highest BCUT2D eigenvalue weighted by Crippen LogP contribution is 2.16. The van der Waals surface area contributed by atoms with Gasteiger partial charge in [0.2, 0.25) is 0 Å². The number of hydrogen-bond donors (Lipinski definition) is 0. The first-order valence-electron chi connectivity index (χ1n) is 7.57. The summed E-state index contributed by atoms with van der Waals surface area (Å²) in [7, 11) is 3.93. The molecule has 0 saturated carbocycles. The van der Waals surface area contributed by atoms with Crippen LogP contribution >= 0.6 is 0 Å². The van der Waals surface area contributed by atoms with Crippen LogP contribution in [0.5, 0.6) is 0 Å². The molecule has 0 unspecified atom stereocenters. The van der Waals surface area contributed by atoms with Crippen molar-refractivity contribution in [2.75, 3.05) is 9.62 Å². The van der Waals surface area contributed by atoms with Gasteiger partial charge in [-0.1, -0.05) is 12.1 Å². The van der Waals surface area contributed by atoms with Crippen LogP contribution in [0.25, 0.3) is 0 Å². The first-order valence-corrected chi connectivity index (χ1v) is 7.57. The second kappa shape index (κ2) is 6.54. The predicted octanol–water partition coefficient (Wildman–Crippen LogP) is 1.90. The molecule has 0 saturated heterocycles. The molecule has 0 amide bonds. The lowest BCUT2D eigenvalue weighted by molar-refractivity contribution is 0.755. The molecular weight excluding hydrogens is 298 g/mol. The first kappa shape index (κ1) is 14.4. The number of anilines is 2. The number of aromatic nitrogens is 2. The lowest BCUT2D eigenvalue weighted by Crippen LogP contribution is -2.29. The Hall–Kier alpha value is -3.15. The van der Waals surface area contributed by atoms with E-state index in [-0.39, 0.29) is 0 Å². The SMILES string of the molecule is [B]1N(C=CN2[B]N(c3ccccn3)C=C2)C=CN1c1ccccn1. The van der Waals surface area contributed by atoms with Gasteiger partial charge < -0.3 is 19.2 Å². The first-order chi connectivity index (χ1) is 11.9. The molecule has 0 atom stereocenters. The number of nitrogens with zero attached hydrogens (tertiary/aromatic N) is 6. The summed E-state index contributed by atoms with van der Waals surface area (Å²) in [6.07, 6.45) is 15.4. The number of hydrogen-bond acceptors (Lipinski definition) is 6. The average Bonchev–Trinajstić information content (AvgIpc) is 3.31. The van der Waals surface area contributed by atoms with E-state index in [1.165, 1.54) is 0 Å². The van der Waals surface area contributed by atoms with Gasteiger partial charge in [0, 0.05) is 49.6 Å². The summed E-state index contributed by atoms with van der Waals surface area (Å²) in [5, 5.41) is 0. The Morgan fingerprint density at radius 1 is 0.667 bits per heavy atom. The summed E-state index contributed by atoms with van der Waals surface area (Å²) in [4.78, 5) is 16.5. The smallest absolute Gasteiger partial charge is 0.378 e. The molecule has 4 rings (SSSR count). The Kier molecular flexibility index (Phi) is 3.93. The monoisotopic (exact) mass is 312 g/mol. The van der Waals surface area contributed by atoms with Gasteiger partial charge in [-0.3, -0.25) is 0 Å². The van der Waals surface area contributed by atoms with E-state index in [0.29, 0.717) is 0 Å². The van der Waals surface area contributed by atoms with Gasteiger partial charge in [0.1, 0.15) is 11.6 Å². The molecule has 0 aromatic carbocycles. The fourth-order valence-electron chi connectivity index (χ4n) is 2.35. The van der Waals surface area contributed by atoms with Gasteiger partial charge in [-0.05, 0) is 24.3 Å². The Labute approximate surface area is 142 Å². The van der Waals surface area contributed by atoms with Crippen molar-refractivity contribution in [2.45, 2.75) is 0 Å². The molecule has 0 N–H and O–H groups in total. The zero-order valence-corrected chi connectivity index (χ0v) is 12.9. The van der Waals surface area contributed by atoms with Gasteiger partial charge in [-0.25, -0.2) is 9.97 Å². The standard InChI is InChI=1S/C16H14B2N6/c1-3-7-19-15(5-1)23-13-11-21(17-23)9-10-22-12-14-24(18-22)16-6-2-4-8-20-16/h1-14H. The van der Waals surface area contributed by atoms with Gasteiger partial charge in [0.25, 0.3) is 0 Å². The van der Waals surface area contributed by atoms with E-state index >= 15 is 0 Å². The van der Waals surface area contributed by atoms with Crippen LogP contribution in [-0.4, -0.2) is 34.7 Å². The minimum atomic E-state index is 0.888. The van der Waals surface area contributed by atoms with Gasteiger partial charge in [-0.15, -0.1) is 0 Å². The third-order valence-electron chi connectivity index (χ3n) is 3.55. The van der Waals surface area contributed by atoms with Crippen LogP contribution in [0, 0.1) is 0 Å². The largest absolute Gasteiger partial charge is 0.401 e. The average molecular weight is 312 g/mol. The Balaban J connectivity index is 1.33. The maximum Gasteiger partial charge on any atom is 0.401 e. The quantitative estimate of drug-likeness (QED) is 0.803. The van der Waals surface area contributed by atoms with Crippen molar-refractivity contribution in [3.63, 3.8) is 0 Å². The molecule has 2 aromatic rings. The molecule has 4 heterocycles. The molecule has 0 aliphatic carbocycles. The van der Waals surface area contributed by atoms with E-state index in [1.807, 2.05) is 108 Å². The van der Waals surface area contributed by atoms with E-state index in [2.05, 4.69) is 9.97 Å². The molecule has 8 heteroatoms. The zero-order chi connectivity index (χ0) is 16.2. The highest BCUT2D eigenvalue weighted by atomic mass is 15.3. The molecule has 2 aliphatic heterocycles. The van der Waals surface area contributed by atoms with E-state index in [9.17, 15) is 0 Å². The number of pyridine rings is 2. The van der Waals surface area contributed by atoms with E-state index < -0.39 is 0 Å². The molecule has 0 spiro atoms. The van der Waals surface area contributed by atoms with E-state index in [0.717, 1.165) is 11.6 Å². The predicted molar refractivity (Wildman–Crippen MR) is 96.0 cm³/mol. The van der Waals surface area contributed by atoms with Gasteiger partial charge in [-0.2, -0.15) is 0 Å². The maximum atomic E-state index is 4.33. The normalized spacial score (nSPS) is 16.2. The van der Waals surface area contributed by atoms with Crippen LogP contribution in [0.15, 0.2) is 86.0 Å². The highest BCUT2D eigenvalue weighted by molar-refractivity contribution is 6.42. The van der Waals surface area contributed by atoms with E-state index in [1.54, 1.807) is 12.4 Å². The molecule has 2 aliphatic rings. The molecule has 2 radical (unpaired) electrons. The summed E-state index contributed by atoms with van der Waals surface area (Å²) >= 11 is 0. The molecule has 6 nitrogen and oxygen atoms in total. The molecule has 24 heavy (non-hydrogen) atoms. The molecule has 0 bridgehead atoms. The molecular formula is C16H14B2N6. The lowest BCUT2D eigenvalue weighted by atomic mass is 10.1. The molecule has 114 valence electrons. The minimum absolute atomic E-state index is 0.888.